The summed E-state index contributed by atoms with van der Waals surface area (Å²) in [6, 6.07) is 3.51. The lowest BCUT2D eigenvalue weighted by molar-refractivity contribution is -0.136. The highest BCUT2D eigenvalue weighted by Gasteiger charge is 2.33. The molecule has 0 spiro atoms. The van der Waals surface area contributed by atoms with E-state index >= 15 is 0 Å². The third-order valence-corrected chi connectivity index (χ3v) is 4.56. The molecular weight excluding hydrogens is 278 g/mol. The van der Waals surface area contributed by atoms with Gasteiger partial charge >= 0.3 is 5.97 Å². The molecule has 0 saturated carbocycles. The van der Waals surface area contributed by atoms with Crippen LogP contribution in [0.4, 0.5) is 0 Å². The Hall–Kier alpha value is -1.11. The number of fused-ring (bicyclic) bond motifs is 1. The van der Waals surface area contributed by atoms with Crippen LogP contribution in [0.1, 0.15) is 10.9 Å². The van der Waals surface area contributed by atoms with Crippen LogP contribution in [0, 0.1) is 0 Å². The fourth-order valence-corrected chi connectivity index (χ4v) is 3.44. The van der Waals surface area contributed by atoms with Gasteiger partial charge in [-0.1, -0.05) is 11.6 Å². The van der Waals surface area contributed by atoms with E-state index in [0.717, 1.165) is 5.56 Å². The first-order chi connectivity index (χ1) is 8.65. The molecule has 2 aliphatic rings. The molecule has 0 radical (unpaired) electrons. The fraction of sp³-hybridized carbons (Fsp3) is 0.364. The van der Waals surface area contributed by atoms with Crippen LogP contribution >= 0.6 is 23.4 Å². The van der Waals surface area contributed by atoms with E-state index in [1.54, 1.807) is 12.1 Å². The summed E-state index contributed by atoms with van der Waals surface area (Å²) in [6.45, 7) is 0.619. The molecule has 0 aliphatic carbocycles. The number of rotatable bonds is 2. The number of benzene rings is 1. The molecule has 0 amide bonds. The van der Waals surface area contributed by atoms with Gasteiger partial charge in [0.15, 0.2) is 11.5 Å². The molecule has 7 heteroatoms. The molecule has 2 heterocycles. The average Bonchev–Trinajstić information content (AvgIpc) is 2.94. The quantitative estimate of drug-likeness (QED) is 0.865. The van der Waals surface area contributed by atoms with Gasteiger partial charge < -0.3 is 14.6 Å². The Morgan fingerprint density at radius 2 is 2.17 bits per heavy atom. The first-order valence-electron chi connectivity index (χ1n) is 5.36. The summed E-state index contributed by atoms with van der Waals surface area (Å²) >= 11 is 7.52. The molecule has 2 atom stereocenters. The van der Waals surface area contributed by atoms with E-state index in [2.05, 4.69) is 5.32 Å². The molecule has 0 aromatic heterocycles. The summed E-state index contributed by atoms with van der Waals surface area (Å²) in [6.07, 6.45) is 0. The van der Waals surface area contributed by atoms with Gasteiger partial charge in [0.05, 0.1) is 10.4 Å². The fourth-order valence-electron chi connectivity index (χ4n) is 1.94. The summed E-state index contributed by atoms with van der Waals surface area (Å²) in [7, 11) is 0. The van der Waals surface area contributed by atoms with E-state index in [1.807, 2.05) is 0 Å². The van der Waals surface area contributed by atoms with Crippen LogP contribution in [-0.4, -0.2) is 29.7 Å². The molecule has 1 saturated heterocycles. The van der Waals surface area contributed by atoms with Crippen molar-refractivity contribution in [1.29, 1.82) is 0 Å². The number of nitrogens with one attached hydrogen (secondary N) is 1. The Labute approximate surface area is 112 Å². The van der Waals surface area contributed by atoms with Crippen LogP contribution in [0.2, 0.25) is 5.02 Å². The molecule has 18 heavy (non-hydrogen) atoms. The van der Waals surface area contributed by atoms with Crippen molar-refractivity contribution in [2.75, 3.05) is 13.3 Å². The van der Waals surface area contributed by atoms with Gasteiger partial charge in [-0.3, -0.25) is 10.1 Å². The van der Waals surface area contributed by atoms with Crippen molar-refractivity contribution in [2.24, 2.45) is 0 Å². The second-order valence-corrected chi connectivity index (χ2v) is 5.70. The molecule has 96 valence electrons. The number of carboxylic acid groups (broad SMARTS) is 1. The van der Waals surface area contributed by atoms with Gasteiger partial charge in [0, 0.05) is 18.2 Å². The maximum absolute atomic E-state index is 10.9. The van der Waals surface area contributed by atoms with Gasteiger partial charge in [-0.15, -0.1) is 11.8 Å². The third kappa shape index (κ3) is 2.00. The lowest BCUT2D eigenvalue weighted by Gasteiger charge is -2.12. The average molecular weight is 288 g/mol. The first kappa shape index (κ1) is 12.0. The summed E-state index contributed by atoms with van der Waals surface area (Å²) < 4.78 is 10.5. The summed E-state index contributed by atoms with van der Waals surface area (Å²) in [4.78, 5) is 10.9. The van der Waals surface area contributed by atoms with Crippen LogP contribution in [-0.2, 0) is 4.79 Å². The van der Waals surface area contributed by atoms with E-state index in [1.165, 1.54) is 11.8 Å². The molecule has 0 unspecified atom stereocenters. The van der Waals surface area contributed by atoms with Gasteiger partial charge in [0.25, 0.3) is 0 Å². The predicted molar refractivity (Wildman–Crippen MR) is 67.3 cm³/mol. The standard InChI is InChI=1S/C11H10ClNO4S/c12-6-2-8-7(16-4-17-8)1-5(6)10-13-3-9(18-10)11(14)15/h1-2,9-10,13H,3-4H2,(H,14,15)/t9-,10+/m1/s1. The van der Waals surface area contributed by atoms with Crippen molar-refractivity contribution >= 4 is 29.3 Å². The van der Waals surface area contributed by atoms with Crippen LogP contribution in [0.3, 0.4) is 0 Å². The van der Waals surface area contributed by atoms with Crippen LogP contribution in [0.25, 0.3) is 0 Å². The van der Waals surface area contributed by atoms with E-state index < -0.39 is 11.2 Å². The second-order valence-electron chi connectivity index (χ2n) is 3.98. The van der Waals surface area contributed by atoms with Crippen molar-refractivity contribution in [3.63, 3.8) is 0 Å². The third-order valence-electron chi connectivity index (χ3n) is 2.84. The van der Waals surface area contributed by atoms with Crippen molar-refractivity contribution in [3.05, 3.63) is 22.7 Å². The molecule has 1 aromatic rings. The van der Waals surface area contributed by atoms with Gasteiger partial charge in [0.1, 0.15) is 5.25 Å². The topological polar surface area (TPSA) is 67.8 Å². The molecule has 2 aliphatic heterocycles. The first-order valence-corrected chi connectivity index (χ1v) is 6.68. The zero-order valence-corrected chi connectivity index (χ0v) is 10.8. The van der Waals surface area contributed by atoms with E-state index in [-0.39, 0.29) is 12.2 Å². The molecule has 0 bridgehead atoms. The Balaban J connectivity index is 1.87. The second kappa shape index (κ2) is 4.53. The van der Waals surface area contributed by atoms with Gasteiger partial charge in [-0.05, 0) is 6.07 Å². The predicted octanol–water partition coefficient (Wildman–Crippen LogP) is 1.86. The minimum Gasteiger partial charge on any atom is -0.480 e. The maximum atomic E-state index is 10.9. The van der Waals surface area contributed by atoms with Crippen molar-refractivity contribution in [2.45, 2.75) is 10.6 Å². The zero-order valence-electron chi connectivity index (χ0n) is 9.18. The Bertz CT molecular complexity index is 510. The molecule has 1 fully saturated rings. The van der Waals surface area contributed by atoms with E-state index in [9.17, 15) is 4.79 Å². The molecule has 3 rings (SSSR count). The van der Waals surface area contributed by atoms with Crippen LogP contribution in [0.15, 0.2) is 12.1 Å². The SMILES string of the molecule is O=C(O)[C@H]1CN[C@H](c2cc3c(cc2Cl)OCO3)S1. The molecule has 5 nitrogen and oxygen atoms in total. The van der Waals surface area contributed by atoms with Crippen molar-refractivity contribution in [3.8, 4) is 11.5 Å². The monoisotopic (exact) mass is 287 g/mol. The molecular formula is C11H10ClNO4S. The number of thioether (sulfide) groups is 1. The number of halogens is 1. The normalized spacial score (nSPS) is 25.4. The summed E-state index contributed by atoms with van der Waals surface area (Å²) in [5.41, 5.74) is 0.828. The largest absolute Gasteiger partial charge is 0.480 e. The Kier molecular flexibility index (Phi) is 3.01. The maximum Gasteiger partial charge on any atom is 0.318 e. The van der Waals surface area contributed by atoms with Crippen molar-refractivity contribution in [1.82, 2.24) is 5.32 Å². The number of hydrogen-bond donors (Lipinski definition) is 2. The Morgan fingerprint density at radius 3 is 2.83 bits per heavy atom. The summed E-state index contributed by atoms with van der Waals surface area (Å²) in [5.74, 6) is 0.462. The van der Waals surface area contributed by atoms with Crippen molar-refractivity contribution < 1.29 is 19.4 Å². The van der Waals surface area contributed by atoms with Gasteiger partial charge in [-0.2, -0.15) is 0 Å². The zero-order chi connectivity index (χ0) is 12.7. The molecule has 2 N–H and O–H groups in total. The number of carboxylic acids is 1. The number of ether oxygens (including phenoxy) is 2. The lowest BCUT2D eigenvalue weighted by atomic mass is 10.2. The van der Waals surface area contributed by atoms with Gasteiger partial charge in [-0.25, -0.2) is 0 Å². The van der Waals surface area contributed by atoms with E-state index in [4.69, 9.17) is 26.2 Å². The molecule has 1 aromatic carbocycles. The minimum absolute atomic E-state index is 0.131. The highest BCUT2D eigenvalue weighted by atomic mass is 35.5. The number of hydrogen-bond acceptors (Lipinski definition) is 5. The van der Waals surface area contributed by atoms with Crippen LogP contribution < -0.4 is 14.8 Å². The number of carbonyl (C=O) groups is 1. The lowest BCUT2D eigenvalue weighted by Crippen LogP contribution is -2.21. The summed E-state index contributed by atoms with van der Waals surface area (Å²) in [5, 5.41) is 12.1. The highest BCUT2D eigenvalue weighted by Crippen LogP contribution is 2.44. The minimum atomic E-state index is -0.813. The Morgan fingerprint density at radius 1 is 1.44 bits per heavy atom. The smallest absolute Gasteiger partial charge is 0.318 e. The van der Waals surface area contributed by atoms with Gasteiger partial charge in [0.2, 0.25) is 6.79 Å². The van der Waals surface area contributed by atoms with Crippen LogP contribution in [0.5, 0.6) is 11.5 Å². The van der Waals surface area contributed by atoms with E-state index in [0.29, 0.717) is 23.1 Å². The highest BCUT2D eigenvalue weighted by molar-refractivity contribution is 8.01. The number of aliphatic carboxylic acids is 1.